The van der Waals surface area contributed by atoms with Crippen molar-refractivity contribution in [1.29, 1.82) is 0 Å². The van der Waals surface area contributed by atoms with Gasteiger partial charge >= 0.3 is 17.9 Å². The number of benzene rings is 12. The summed E-state index contributed by atoms with van der Waals surface area (Å²) in [6.45, 7) is 19.5. The van der Waals surface area contributed by atoms with Crippen LogP contribution in [0.2, 0.25) is 0 Å². The summed E-state index contributed by atoms with van der Waals surface area (Å²) in [7, 11) is 4.91. The van der Waals surface area contributed by atoms with Crippen molar-refractivity contribution in [3.63, 3.8) is 0 Å². The van der Waals surface area contributed by atoms with Crippen molar-refractivity contribution in [2.45, 2.75) is 158 Å². The van der Waals surface area contributed by atoms with Crippen LogP contribution in [0.25, 0.3) is 0 Å². The molecule has 0 unspecified atom stereocenters. The van der Waals surface area contributed by atoms with Gasteiger partial charge in [0.15, 0.2) is 0 Å². The van der Waals surface area contributed by atoms with Crippen LogP contribution in [0.4, 0.5) is 0 Å². The second-order valence-corrected chi connectivity index (χ2v) is 31.7. The summed E-state index contributed by atoms with van der Waals surface area (Å²) < 4.78 is 54.4. The largest absolute Gasteiger partial charge is 0.497 e. The Bertz CT molecular complexity index is 5420. The summed E-state index contributed by atoms with van der Waals surface area (Å²) in [4.78, 5) is 41.0. The molecular weight excluding hydrogens is 1590 g/mol. The van der Waals surface area contributed by atoms with Gasteiger partial charge in [0.2, 0.25) is 0 Å². The lowest BCUT2D eigenvalue weighted by Crippen LogP contribution is -2.35. The van der Waals surface area contributed by atoms with E-state index in [1.807, 2.05) is 182 Å². The number of ether oxygens (including phenoxy) is 9. The number of rotatable bonds is 45. The molecule has 0 saturated heterocycles. The Morgan fingerprint density at radius 2 is 0.532 bits per heavy atom. The van der Waals surface area contributed by atoms with Crippen LogP contribution < -0.4 is 59.8 Å². The normalized spacial score (nSPS) is 11.7. The number of nitrogens with zero attached hydrogens (tertiary/aromatic N) is 3. The Balaban J connectivity index is 0.000000197. The van der Waals surface area contributed by atoms with Crippen LogP contribution in [-0.4, -0.2) is 107 Å². The minimum absolute atomic E-state index is 0.288. The molecule has 12 aromatic carbocycles. The first-order valence-corrected chi connectivity index (χ1v) is 42.4. The van der Waals surface area contributed by atoms with Crippen molar-refractivity contribution in [1.82, 2.24) is 14.7 Å². The third kappa shape index (κ3) is 31.4. The van der Waals surface area contributed by atoms with Gasteiger partial charge in [0.25, 0.3) is 0 Å². The Kier molecular flexibility index (Phi) is 37.4. The number of carboxylic acid groups (broad SMARTS) is 3. The van der Waals surface area contributed by atoms with Crippen molar-refractivity contribution in [3.05, 3.63) is 373 Å². The summed E-state index contributed by atoms with van der Waals surface area (Å²) >= 11 is 0. The van der Waals surface area contributed by atoms with Crippen molar-refractivity contribution in [3.8, 4) is 51.7 Å². The van der Waals surface area contributed by atoms with Crippen LogP contribution in [0.3, 0.4) is 0 Å². The Labute approximate surface area is 741 Å². The number of aliphatic carboxylic acids is 3. The summed E-state index contributed by atoms with van der Waals surface area (Å²) in [6, 6.07) is 87.8. The summed E-state index contributed by atoms with van der Waals surface area (Å²) in [5, 5.41) is 28.3. The molecule has 0 aromatic heterocycles. The maximum atomic E-state index is 11.5. The second kappa shape index (κ2) is 49.5. The first-order valence-electron chi connectivity index (χ1n) is 42.4. The molecule has 12 rings (SSSR count). The van der Waals surface area contributed by atoms with Crippen LogP contribution in [0, 0.1) is 41.5 Å². The highest BCUT2D eigenvalue weighted by Gasteiger charge is 2.24. The van der Waals surface area contributed by atoms with E-state index in [0.29, 0.717) is 134 Å². The smallest absolute Gasteiger partial charge is 0.320 e. The Morgan fingerprint density at radius 1 is 0.270 bits per heavy atom. The average Bonchev–Trinajstić information content (AvgIpc) is 0.831. The second-order valence-electron chi connectivity index (χ2n) is 31.7. The molecule has 660 valence electrons. The molecule has 0 heterocycles. The molecule has 0 amide bonds. The van der Waals surface area contributed by atoms with E-state index in [4.69, 9.17) is 59.8 Å². The topological polar surface area (TPSA) is 283 Å². The van der Waals surface area contributed by atoms with Gasteiger partial charge in [-0.3, -0.25) is 29.1 Å². The first kappa shape index (κ1) is 95.2. The number of aryl methyl sites for hydroxylation is 6. The van der Waals surface area contributed by atoms with E-state index in [1.54, 1.807) is 21.3 Å². The molecule has 126 heavy (non-hydrogen) atoms. The van der Waals surface area contributed by atoms with Gasteiger partial charge in [0, 0.05) is 92.8 Å². The Hall–Kier alpha value is -13.0. The van der Waals surface area contributed by atoms with Crippen LogP contribution in [0.15, 0.2) is 273 Å². The molecule has 9 N–H and O–H groups in total. The average molecular weight is 1710 g/mol. The highest BCUT2D eigenvalue weighted by molar-refractivity contribution is 5.74. The molecule has 0 fully saturated rings. The first-order chi connectivity index (χ1) is 60.9. The number of nitrogens with two attached hydrogens (primary N) is 3. The van der Waals surface area contributed by atoms with E-state index < -0.39 is 36.0 Å². The summed E-state index contributed by atoms with van der Waals surface area (Å²) in [5.74, 6) is 3.61. The van der Waals surface area contributed by atoms with E-state index in [-0.39, 0.29) is 6.42 Å². The predicted octanol–water partition coefficient (Wildman–Crippen LogP) is 18.8. The van der Waals surface area contributed by atoms with E-state index >= 15 is 0 Å². The lowest BCUT2D eigenvalue weighted by atomic mass is 10.1. The monoisotopic (exact) mass is 1700 g/mol. The van der Waals surface area contributed by atoms with Gasteiger partial charge in [0.1, 0.15) is 110 Å². The molecule has 0 aliphatic heterocycles. The maximum absolute atomic E-state index is 11.5. The highest BCUT2D eigenvalue weighted by Crippen LogP contribution is 2.35. The van der Waals surface area contributed by atoms with Crippen molar-refractivity contribution in [2.24, 2.45) is 17.2 Å². The predicted molar refractivity (Wildman–Crippen MR) is 494 cm³/mol. The number of methoxy groups -OCH3 is 3. The Morgan fingerprint density at radius 3 is 0.857 bits per heavy atom. The lowest BCUT2D eigenvalue weighted by molar-refractivity contribution is -0.139. The minimum atomic E-state index is -1.02. The minimum Gasteiger partial charge on any atom is -0.497 e. The van der Waals surface area contributed by atoms with Gasteiger partial charge in [-0.05, 0) is 149 Å². The molecular formula is C105H120N6O15. The van der Waals surface area contributed by atoms with Crippen LogP contribution in [-0.2, 0) is 93.3 Å². The maximum Gasteiger partial charge on any atom is 0.320 e. The van der Waals surface area contributed by atoms with Gasteiger partial charge in [-0.25, -0.2) is 0 Å². The van der Waals surface area contributed by atoms with Gasteiger partial charge in [-0.2, -0.15) is 0 Å². The summed E-state index contributed by atoms with van der Waals surface area (Å²) in [5.41, 5.74) is 37.1. The zero-order chi connectivity index (χ0) is 89.7. The summed E-state index contributed by atoms with van der Waals surface area (Å²) in [6.07, 6.45) is 0.888. The molecule has 0 spiro atoms. The molecule has 3 atom stereocenters. The number of carboxylic acids is 3. The van der Waals surface area contributed by atoms with E-state index in [9.17, 15) is 29.7 Å². The number of hydrogen-bond acceptors (Lipinski definition) is 18. The molecule has 0 aliphatic rings. The van der Waals surface area contributed by atoms with Gasteiger partial charge in [-0.1, -0.05) is 246 Å². The third-order valence-electron chi connectivity index (χ3n) is 21.2. The quantitative estimate of drug-likeness (QED) is 0.0207. The molecule has 0 radical (unpaired) electrons. The number of para-hydroxylation sites is 3. The fourth-order valence-electron chi connectivity index (χ4n) is 14.4. The van der Waals surface area contributed by atoms with Crippen molar-refractivity contribution < 1.29 is 72.3 Å². The van der Waals surface area contributed by atoms with E-state index in [1.165, 1.54) is 33.4 Å². The molecule has 21 nitrogen and oxygen atoms in total. The molecule has 0 aliphatic carbocycles. The van der Waals surface area contributed by atoms with Gasteiger partial charge in [0.05, 0.1) is 26.9 Å². The lowest BCUT2D eigenvalue weighted by Gasteiger charge is -2.26. The standard InChI is InChI=1S/3C35H40N2O5/c1-25-9-6-11-27(19-25)23-41-32-14-5-4-13-29(32)21-37(18-17-31(36)35(38)39)22-30-33(40-3)15-8-16-34(30)42-24-28-12-7-10-26(2)20-28;1-25-8-6-10-27(18-25)23-41-33-13-5-4-12-29(33)21-37(17-16-32(36)35(38)39)22-30-20-31(40-3)14-15-34(30)42-24-28-11-7-9-26(2)19-28;1-25-8-6-10-27(18-25)23-41-33-13-5-4-12-29(33)21-37(17-16-32(36)35(38)39)22-30-14-15-31(40-3)20-34(30)42-24-28-11-7-9-26(2)19-28/h4-16,19-20,31H,17-18,21-24,36H2,1-3H3,(H,38,39);2*4-15,18-20,32H,16-17,21-24,36H2,1-3H3,(H,38,39)/t31-;2*32-/m000/s1. The molecule has 0 saturated carbocycles. The van der Waals surface area contributed by atoms with E-state index in [2.05, 4.69) is 147 Å². The van der Waals surface area contributed by atoms with Gasteiger partial charge in [-0.15, -0.1) is 0 Å². The SMILES string of the molecule is COc1ccc(CN(CC[C@H](N)C(=O)O)Cc2ccccc2OCc2cccc(C)c2)c(OCc2cccc(C)c2)c1.COc1ccc(OCc2cccc(C)c2)c(CN(CC[C@H](N)C(=O)O)Cc2ccccc2OCc2cccc(C)c2)c1.COc1cccc(OCc2cccc(C)c2)c1CN(CC[C@H](N)C(=O)O)Cc1ccccc1OCc1cccc(C)c1. The van der Waals surface area contributed by atoms with E-state index in [0.717, 1.165) is 95.5 Å². The van der Waals surface area contributed by atoms with Crippen LogP contribution >= 0.6 is 0 Å². The van der Waals surface area contributed by atoms with Crippen LogP contribution in [0.1, 0.15) is 119 Å². The van der Waals surface area contributed by atoms with Gasteiger partial charge < -0.3 is 75.2 Å². The molecule has 12 aromatic rings. The van der Waals surface area contributed by atoms with Crippen molar-refractivity contribution >= 4 is 17.9 Å². The molecule has 0 bridgehead atoms. The number of hydrogen-bond donors (Lipinski definition) is 6. The number of carbonyl (C=O) groups is 3. The van der Waals surface area contributed by atoms with Crippen molar-refractivity contribution in [2.75, 3.05) is 41.0 Å². The zero-order valence-electron chi connectivity index (χ0n) is 73.8. The zero-order valence-corrected chi connectivity index (χ0v) is 73.8. The fourth-order valence-corrected chi connectivity index (χ4v) is 14.4. The highest BCUT2D eigenvalue weighted by atomic mass is 16.5. The molecule has 21 heteroatoms. The third-order valence-corrected chi connectivity index (χ3v) is 21.2. The van der Waals surface area contributed by atoms with Crippen LogP contribution in [0.5, 0.6) is 51.7 Å². The fraction of sp³-hybridized carbons (Fsp3) is 0.286.